The highest BCUT2D eigenvalue weighted by molar-refractivity contribution is 5.99. The van der Waals surface area contributed by atoms with Crippen LogP contribution in [0.5, 0.6) is 11.5 Å². The second-order valence-corrected chi connectivity index (χ2v) is 5.55. The van der Waals surface area contributed by atoms with Crippen LogP contribution in [-0.2, 0) is 6.67 Å². The fraction of sp³-hybridized carbons (Fsp3) is 0.150. The molecule has 0 atom stereocenters. The summed E-state index contributed by atoms with van der Waals surface area (Å²) >= 11 is 0. The molecule has 5 heteroatoms. The fourth-order valence-corrected chi connectivity index (χ4v) is 2.53. The summed E-state index contributed by atoms with van der Waals surface area (Å²) in [7, 11) is 0. The van der Waals surface area contributed by atoms with Gasteiger partial charge in [-0.1, -0.05) is 24.3 Å². The lowest BCUT2D eigenvalue weighted by atomic mass is 10.1. The Morgan fingerprint density at radius 1 is 1.08 bits per heavy atom. The van der Waals surface area contributed by atoms with Gasteiger partial charge in [0, 0.05) is 17.5 Å². The molecular weight excluding hydrogens is 321 g/mol. The van der Waals surface area contributed by atoms with Crippen molar-refractivity contribution in [3.8, 4) is 11.5 Å². The van der Waals surface area contributed by atoms with Crippen molar-refractivity contribution in [2.75, 3.05) is 13.2 Å². The number of hydrogen-bond donors (Lipinski definition) is 2. The van der Waals surface area contributed by atoms with Gasteiger partial charge in [-0.2, -0.15) is 0 Å². The molecule has 0 fully saturated rings. The van der Waals surface area contributed by atoms with Crippen molar-refractivity contribution < 1.29 is 19.0 Å². The first-order valence-electron chi connectivity index (χ1n) is 7.96. The van der Waals surface area contributed by atoms with Crippen molar-refractivity contribution in [1.82, 2.24) is 5.32 Å². The molecule has 0 aromatic heterocycles. The lowest BCUT2D eigenvalue weighted by molar-refractivity contribution is 0.0945. The lowest BCUT2D eigenvalue weighted by Gasteiger charge is -2.10. The van der Waals surface area contributed by atoms with Gasteiger partial charge in [0.2, 0.25) is 0 Å². The normalized spacial score (nSPS) is 10.6. The Kier molecular flexibility index (Phi) is 5.26. The Bertz CT molecular complexity index is 878. The summed E-state index contributed by atoms with van der Waals surface area (Å²) < 4.78 is 18.5. The smallest absolute Gasteiger partial charge is 0.251 e. The molecule has 2 N–H and O–H groups in total. The number of halogens is 1. The van der Waals surface area contributed by atoms with Gasteiger partial charge in [0.05, 0.1) is 6.61 Å². The first-order chi connectivity index (χ1) is 12.2. The van der Waals surface area contributed by atoms with E-state index in [1.54, 1.807) is 36.4 Å². The molecule has 3 rings (SSSR count). The topological polar surface area (TPSA) is 58.6 Å². The predicted molar refractivity (Wildman–Crippen MR) is 94.7 cm³/mol. The van der Waals surface area contributed by atoms with Gasteiger partial charge in [0.15, 0.2) is 0 Å². The average molecular weight is 339 g/mol. The van der Waals surface area contributed by atoms with Gasteiger partial charge in [0.25, 0.3) is 5.91 Å². The van der Waals surface area contributed by atoms with E-state index >= 15 is 0 Å². The minimum absolute atomic E-state index is 0.0987. The van der Waals surface area contributed by atoms with Crippen molar-refractivity contribution in [2.45, 2.75) is 6.67 Å². The van der Waals surface area contributed by atoms with Crippen molar-refractivity contribution in [2.24, 2.45) is 0 Å². The van der Waals surface area contributed by atoms with Gasteiger partial charge in [-0.25, -0.2) is 4.39 Å². The number of ether oxygens (including phenoxy) is 1. The van der Waals surface area contributed by atoms with Gasteiger partial charge in [0.1, 0.15) is 18.2 Å². The Balaban J connectivity index is 1.87. The van der Waals surface area contributed by atoms with E-state index in [2.05, 4.69) is 5.32 Å². The number of alkyl halides is 1. The molecule has 4 nitrogen and oxygen atoms in total. The summed E-state index contributed by atoms with van der Waals surface area (Å²) in [6, 6.07) is 17.7. The van der Waals surface area contributed by atoms with Gasteiger partial charge in [-0.3, -0.25) is 4.79 Å². The van der Waals surface area contributed by atoms with Crippen LogP contribution in [0, 0.1) is 0 Å². The van der Waals surface area contributed by atoms with Crippen LogP contribution < -0.4 is 10.1 Å². The van der Waals surface area contributed by atoms with Crippen LogP contribution in [0.15, 0.2) is 60.7 Å². The quantitative estimate of drug-likeness (QED) is 0.718. The molecule has 3 aromatic carbocycles. The van der Waals surface area contributed by atoms with Crippen molar-refractivity contribution >= 4 is 16.7 Å². The van der Waals surface area contributed by atoms with Crippen molar-refractivity contribution in [1.29, 1.82) is 0 Å². The Labute approximate surface area is 144 Å². The highest BCUT2D eigenvalue weighted by Crippen LogP contribution is 2.30. The second kappa shape index (κ2) is 7.77. The fourth-order valence-electron chi connectivity index (χ4n) is 2.53. The summed E-state index contributed by atoms with van der Waals surface area (Å²) in [5.74, 6) is 1.05. The molecule has 25 heavy (non-hydrogen) atoms. The van der Waals surface area contributed by atoms with Crippen LogP contribution in [0.1, 0.15) is 15.9 Å². The van der Waals surface area contributed by atoms with Crippen LogP contribution in [0.2, 0.25) is 0 Å². The summed E-state index contributed by atoms with van der Waals surface area (Å²) in [6.45, 7) is -0.386. The molecule has 0 spiro atoms. The van der Waals surface area contributed by atoms with Crippen LogP contribution in [0.25, 0.3) is 10.8 Å². The Morgan fingerprint density at radius 2 is 1.88 bits per heavy atom. The highest BCUT2D eigenvalue weighted by Gasteiger charge is 2.09. The number of amides is 1. The van der Waals surface area contributed by atoms with Gasteiger partial charge in [-0.05, 0) is 47.3 Å². The van der Waals surface area contributed by atoms with E-state index in [1.165, 1.54) is 0 Å². The van der Waals surface area contributed by atoms with Crippen LogP contribution >= 0.6 is 0 Å². The SMILES string of the molecule is O=C(NCCO)c1ccc2c(Oc3ccc(CF)cc3)cccc2c1. The molecule has 0 aliphatic rings. The van der Waals surface area contributed by atoms with Crippen molar-refractivity contribution in [3.05, 3.63) is 71.8 Å². The van der Waals surface area contributed by atoms with Crippen molar-refractivity contribution in [3.63, 3.8) is 0 Å². The van der Waals surface area contributed by atoms with E-state index in [4.69, 9.17) is 9.84 Å². The Morgan fingerprint density at radius 3 is 2.60 bits per heavy atom. The van der Waals surface area contributed by atoms with E-state index < -0.39 is 6.67 Å². The van der Waals surface area contributed by atoms with Gasteiger partial charge < -0.3 is 15.2 Å². The molecule has 0 saturated carbocycles. The third-order valence-corrected chi connectivity index (χ3v) is 3.81. The first kappa shape index (κ1) is 16.9. The van der Waals surface area contributed by atoms with Gasteiger partial charge in [-0.15, -0.1) is 0 Å². The zero-order valence-corrected chi connectivity index (χ0v) is 13.5. The minimum Gasteiger partial charge on any atom is -0.457 e. The Hall–Kier alpha value is -2.92. The number of nitrogens with one attached hydrogen (secondary N) is 1. The van der Waals surface area contributed by atoms with E-state index in [1.807, 2.05) is 24.3 Å². The third kappa shape index (κ3) is 3.95. The number of carbonyl (C=O) groups is 1. The maximum atomic E-state index is 12.6. The molecule has 128 valence electrons. The molecule has 3 aromatic rings. The largest absolute Gasteiger partial charge is 0.457 e. The summed E-state index contributed by atoms with van der Waals surface area (Å²) in [4.78, 5) is 12.0. The molecule has 0 bridgehead atoms. The number of fused-ring (bicyclic) bond motifs is 1. The predicted octanol–water partition coefficient (Wildman–Crippen LogP) is 3.82. The van der Waals surface area contributed by atoms with Crippen LogP contribution in [-0.4, -0.2) is 24.2 Å². The average Bonchev–Trinajstić information content (AvgIpc) is 2.66. The summed E-state index contributed by atoms with van der Waals surface area (Å²) in [5.41, 5.74) is 1.12. The number of aliphatic hydroxyl groups is 1. The van der Waals surface area contributed by atoms with Crippen LogP contribution in [0.4, 0.5) is 4.39 Å². The number of carbonyl (C=O) groups excluding carboxylic acids is 1. The molecule has 1 amide bonds. The molecule has 0 aliphatic heterocycles. The maximum absolute atomic E-state index is 12.6. The second-order valence-electron chi connectivity index (χ2n) is 5.55. The van der Waals surface area contributed by atoms with E-state index in [0.29, 0.717) is 22.6 Å². The third-order valence-electron chi connectivity index (χ3n) is 3.81. The number of aliphatic hydroxyl groups excluding tert-OH is 1. The molecule has 0 radical (unpaired) electrons. The number of rotatable bonds is 6. The first-order valence-corrected chi connectivity index (χ1v) is 7.96. The lowest BCUT2D eigenvalue weighted by Crippen LogP contribution is -2.26. The number of hydrogen-bond acceptors (Lipinski definition) is 3. The molecule has 0 unspecified atom stereocenters. The highest BCUT2D eigenvalue weighted by atomic mass is 19.1. The van der Waals surface area contributed by atoms with E-state index in [0.717, 1.165) is 10.8 Å². The monoisotopic (exact) mass is 339 g/mol. The molecule has 0 aliphatic carbocycles. The summed E-state index contributed by atoms with van der Waals surface area (Å²) in [6.07, 6.45) is 0. The molecule has 0 saturated heterocycles. The van der Waals surface area contributed by atoms with Gasteiger partial charge >= 0.3 is 0 Å². The summed E-state index contributed by atoms with van der Waals surface area (Å²) in [5, 5.41) is 13.2. The zero-order valence-electron chi connectivity index (χ0n) is 13.5. The standard InChI is InChI=1S/C20H18FNO3/c21-13-14-4-7-17(8-5-14)25-19-3-1-2-15-12-16(6-9-18(15)19)20(24)22-10-11-23/h1-9,12,23H,10-11,13H2,(H,22,24). The minimum atomic E-state index is -0.504. The van der Waals surface area contributed by atoms with E-state index in [-0.39, 0.29) is 19.1 Å². The number of benzene rings is 3. The van der Waals surface area contributed by atoms with E-state index in [9.17, 15) is 9.18 Å². The molecule has 0 heterocycles. The maximum Gasteiger partial charge on any atom is 0.251 e. The van der Waals surface area contributed by atoms with Crippen LogP contribution in [0.3, 0.4) is 0 Å². The molecular formula is C20H18FNO3. The zero-order chi connectivity index (χ0) is 17.6.